The largest absolute Gasteiger partial charge is 0.416 e. The first kappa shape index (κ1) is 54.7. The summed E-state index contributed by atoms with van der Waals surface area (Å²) in [5, 5.41) is 9.15. The maximum Gasteiger partial charge on any atom is 0.416 e. The Labute approximate surface area is 417 Å². The minimum atomic E-state index is -5.20. The summed E-state index contributed by atoms with van der Waals surface area (Å²) >= 11 is 23.1. The number of nitrogens with zero attached hydrogens (tertiary/aromatic N) is 2. The maximum atomic E-state index is 14.8. The van der Waals surface area contributed by atoms with E-state index in [2.05, 4.69) is 0 Å². The molecule has 71 heavy (non-hydrogen) atoms. The molecule has 2 saturated heterocycles. The summed E-state index contributed by atoms with van der Waals surface area (Å²) in [6.07, 6.45) is -21.1. The topological polar surface area (TPSA) is 60.9 Å². The zero-order valence-corrected chi connectivity index (χ0v) is 39.7. The molecule has 2 aliphatic carbocycles. The second-order valence-corrected chi connectivity index (χ2v) is 19.9. The number of hydrogen-bond donors (Lipinski definition) is 1. The number of carbonyl (C=O) groups excluding carboxylic acids is 2. The van der Waals surface area contributed by atoms with Crippen LogP contribution in [-0.2, 0) is 45.6 Å². The van der Waals surface area contributed by atoms with Gasteiger partial charge in [0.15, 0.2) is 0 Å². The zero-order valence-electron chi connectivity index (χ0n) is 36.7. The summed E-state index contributed by atoms with van der Waals surface area (Å²) in [5.74, 6) is -3.09. The van der Waals surface area contributed by atoms with Crippen molar-refractivity contribution in [3.63, 3.8) is 0 Å². The van der Waals surface area contributed by atoms with Crippen LogP contribution < -0.4 is 9.80 Å². The van der Waals surface area contributed by atoms with E-state index in [0.717, 1.165) is 71.9 Å². The first-order chi connectivity index (χ1) is 32.9. The molecule has 8 rings (SSSR count). The Morgan fingerprint density at radius 2 is 1.04 bits per heavy atom. The van der Waals surface area contributed by atoms with Gasteiger partial charge in [-0.3, -0.25) is 9.59 Å². The van der Waals surface area contributed by atoms with Gasteiger partial charge in [-0.25, -0.2) is 8.78 Å². The van der Waals surface area contributed by atoms with Crippen molar-refractivity contribution in [3.8, 4) is 0 Å². The Morgan fingerprint density at radius 1 is 0.592 bits per heavy atom. The number of benzene rings is 4. The van der Waals surface area contributed by atoms with Crippen LogP contribution in [0, 0.1) is 23.5 Å². The van der Waals surface area contributed by atoms with Crippen LogP contribution in [0.25, 0.3) is 0 Å². The SMILES string of the molecule is O=C(CCc1ccc(N2CCC(c3cc(Cl)cc(Cl)c3F)(C(F)(F)F)C2)cc1C(F)(F)F)C1CC1.O=C(CCc1ccc(N2CCC(c3cc(Cl)cc(Cl)c3F)(C(F)(F)F)C2O)cc1C(F)(F)F)C1CC1. The van der Waals surface area contributed by atoms with E-state index in [4.69, 9.17) is 46.4 Å². The first-order valence-corrected chi connectivity index (χ1v) is 23.5. The predicted octanol–water partition coefficient (Wildman–Crippen LogP) is 14.9. The number of halogens is 18. The van der Waals surface area contributed by atoms with Gasteiger partial charge in [-0.15, -0.1) is 0 Å². The van der Waals surface area contributed by atoms with Gasteiger partial charge < -0.3 is 14.9 Å². The van der Waals surface area contributed by atoms with Gasteiger partial charge in [0.05, 0.1) is 21.2 Å². The van der Waals surface area contributed by atoms with Gasteiger partial charge in [-0.2, -0.15) is 52.7 Å². The summed E-state index contributed by atoms with van der Waals surface area (Å²) in [6.45, 7) is -1.60. The number of hydrogen-bond acceptors (Lipinski definition) is 5. The van der Waals surface area contributed by atoms with Crippen LogP contribution in [0.4, 0.5) is 72.8 Å². The van der Waals surface area contributed by atoms with E-state index >= 15 is 0 Å². The monoisotopic (exact) mass is 1100 g/mol. The van der Waals surface area contributed by atoms with E-state index in [1.165, 1.54) is 12.1 Å². The van der Waals surface area contributed by atoms with Crippen LogP contribution in [-0.4, -0.2) is 54.9 Å². The van der Waals surface area contributed by atoms with Crippen LogP contribution >= 0.6 is 46.4 Å². The molecule has 23 heteroatoms. The normalized spacial score (nSPS) is 21.9. The molecule has 0 amide bonds. The molecule has 3 unspecified atom stereocenters. The molecule has 1 N–H and O–H groups in total. The van der Waals surface area contributed by atoms with Gasteiger partial charge in [0, 0.05) is 76.9 Å². The minimum absolute atomic E-state index is 0.0250. The van der Waals surface area contributed by atoms with Crippen molar-refractivity contribution >= 4 is 69.3 Å². The first-order valence-electron chi connectivity index (χ1n) is 22.0. The number of aliphatic hydroxyl groups excluding tert-OH is 1. The van der Waals surface area contributed by atoms with E-state index in [0.29, 0.717) is 12.1 Å². The Morgan fingerprint density at radius 3 is 1.49 bits per heavy atom. The molecule has 4 fully saturated rings. The van der Waals surface area contributed by atoms with Crippen molar-refractivity contribution in [1.29, 1.82) is 0 Å². The summed E-state index contributed by atoms with van der Waals surface area (Å²) in [6, 6.07) is 9.67. The van der Waals surface area contributed by atoms with Crippen LogP contribution in [0.3, 0.4) is 0 Å². The van der Waals surface area contributed by atoms with Gasteiger partial charge in [-0.05, 0) is 111 Å². The van der Waals surface area contributed by atoms with Crippen molar-refractivity contribution in [2.24, 2.45) is 11.8 Å². The highest BCUT2D eigenvalue weighted by molar-refractivity contribution is 6.35. The highest BCUT2D eigenvalue weighted by Gasteiger charge is 2.66. The molecule has 2 aliphatic heterocycles. The molecule has 3 atom stereocenters. The molecule has 4 aromatic carbocycles. The van der Waals surface area contributed by atoms with Crippen molar-refractivity contribution in [1.82, 2.24) is 0 Å². The number of carbonyl (C=O) groups is 2. The Kier molecular flexibility index (Phi) is 15.4. The lowest BCUT2D eigenvalue weighted by Gasteiger charge is -2.37. The zero-order chi connectivity index (χ0) is 52.4. The van der Waals surface area contributed by atoms with Gasteiger partial charge in [0.2, 0.25) is 0 Å². The standard InChI is InChI=1S/C24H20Cl2F7NO2.C24H20Cl2F7NO/c25-14-9-17(20(27)18(26)10-14)22(24(31,32)33)7-8-34(21(22)36)15-5-3-12(16(11-15)23(28,29)30)4-6-19(35)13-1-2-13;25-15-9-18(21(27)19(26)10-15)22(24(31,32)33)7-8-34(12-22)16-5-3-13(17(11-16)23(28,29)30)4-6-20(35)14-1-2-14/h3,5,9-11,13,21,36H,1-2,4,6-8H2;3,5,9-11,14H,1-2,4,6-8,12H2. The molecule has 2 saturated carbocycles. The fourth-order valence-electron chi connectivity index (χ4n) is 9.42. The average Bonchev–Trinajstić information content (AvgIpc) is 4.22. The highest BCUT2D eigenvalue weighted by atomic mass is 35.5. The van der Waals surface area contributed by atoms with Crippen LogP contribution in [0.1, 0.15) is 84.7 Å². The molecule has 4 aromatic rings. The molecular weight excluding hydrogens is 1060 g/mol. The lowest BCUT2D eigenvalue weighted by molar-refractivity contribution is -0.211. The van der Waals surface area contributed by atoms with E-state index in [-0.39, 0.29) is 88.2 Å². The van der Waals surface area contributed by atoms with Crippen molar-refractivity contribution < 1.29 is 76.2 Å². The van der Waals surface area contributed by atoms with Crippen LogP contribution in [0.5, 0.6) is 0 Å². The molecular formula is C48H40Cl4F14N2O3. The van der Waals surface area contributed by atoms with E-state index in [1.807, 2.05) is 0 Å². The number of aliphatic hydroxyl groups is 1. The minimum Gasteiger partial charge on any atom is -0.372 e. The maximum absolute atomic E-state index is 14.8. The molecule has 5 nitrogen and oxygen atoms in total. The molecule has 2 heterocycles. The fourth-order valence-corrected chi connectivity index (χ4v) is 10.4. The van der Waals surface area contributed by atoms with E-state index in [1.54, 1.807) is 0 Å². The number of ketones is 2. The quantitative estimate of drug-likeness (QED) is 0.113. The Balaban J connectivity index is 0.000000209. The third-order valence-corrected chi connectivity index (χ3v) is 14.6. The lowest BCUT2D eigenvalue weighted by atomic mass is 9.77. The van der Waals surface area contributed by atoms with Gasteiger partial charge in [0.1, 0.15) is 40.3 Å². The number of Topliss-reactive ketones (excluding diaryl/α,β-unsaturated/α-hetero) is 2. The van der Waals surface area contributed by atoms with Gasteiger partial charge >= 0.3 is 24.7 Å². The number of alkyl halides is 12. The predicted molar refractivity (Wildman–Crippen MR) is 238 cm³/mol. The smallest absolute Gasteiger partial charge is 0.372 e. The van der Waals surface area contributed by atoms with Crippen molar-refractivity contribution in [2.45, 2.75) is 106 Å². The molecule has 0 bridgehead atoms. The Bertz CT molecular complexity index is 2690. The molecule has 0 radical (unpaired) electrons. The second kappa shape index (κ2) is 20.0. The third-order valence-electron chi connectivity index (χ3n) is 13.6. The third kappa shape index (κ3) is 11.2. The number of aryl methyl sites for hydroxylation is 2. The van der Waals surface area contributed by atoms with Crippen molar-refractivity contribution in [3.05, 3.63) is 126 Å². The molecule has 0 spiro atoms. The summed E-state index contributed by atoms with van der Waals surface area (Å²) in [4.78, 5) is 25.8. The van der Waals surface area contributed by atoms with E-state index < -0.39 is 112 Å². The number of rotatable bonds is 12. The summed E-state index contributed by atoms with van der Waals surface area (Å²) in [7, 11) is 0. The number of anilines is 2. The molecule has 4 aliphatic rings. The van der Waals surface area contributed by atoms with Gasteiger partial charge in [-0.1, -0.05) is 58.5 Å². The van der Waals surface area contributed by atoms with Crippen molar-refractivity contribution in [2.75, 3.05) is 29.4 Å². The Hall–Kier alpha value is -4.04. The molecule has 386 valence electrons. The average molecular weight is 1100 g/mol. The lowest BCUT2D eigenvalue weighted by Crippen LogP contribution is -2.53. The summed E-state index contributed by atoms with van der Waals surface area (Å²) in [5.41, 5.74) is -10.4. The highest BCUT2D eigenvalue weighted by Crippen LogP contribution is 2.55. The molecule has 0 aromatic heterocycles. The summed E-state index contributed by atoms with van der Waals surface area (Å²) < 4.78 is 199. The fraction of sp³-hybridized carbons (Fsp3) is 0.458. The van der Waals surface area contributed by atoms with Gasteiger partial charge in [0.25, 0.3) is 0 Å². The van der Waals surface area contributed by atoms with Crippen LogP contribution in [0.15, 0.2) is 60.7 Å². The van der Waals surface area contributed by atoms with Crippen LogP contribution in [0.2, 0.25) is 20.1 Å². The second-order valence-electron chi connectivity index (χ2n) is 18.2. The van der Waals surface area contributed by atoms with E-state index in [9.17, 15) is 76.2 Å².